The molecule has 0 aliphatic rings. The zero-order chi connectivity index (χ0) is 11.9. The first-order chi connectivity index (χ1) is 8.38. The zero-order valence-corrected chi connectivity index (χ0v) is 10.7. The van der Waals surface area contributed by atoms with E-state index in [0.717, 1.165) is 35.4 Å². The first-order valence-electron chi connectivity index (χ1n) is 5.70. The van der Waals surface area contributed by atoms with Gasteiger partial charge in [-0.05, 0) is 30.8 Å². The van der Waals surface area contributed by atoms with E-state index in [1.165, 1.54) is 0 Å². The van der Waals surface area contributed by atoms with Gasteiger partial charge in [0, 0.05) is 6.20 Å². The van der Waals surface area contributed by atoms with E-state index in [2.05, 4.69) is 17.2 Å². The Kier molecular flexibility index (Phi) is 4.64. The van der Waals surface area contributed by atoms with Crippen LogP contribution in [0.5, 0.6) is 0 Å². The van der Waals surface area contributed by atoms with Crippen molar-refractivity contribution in [1.82, 2.24) is 10.3 Å². The third-order valence-corrected chi connectivity index (χ3v) is 3.23. The Labute approximate surface area is 106 Å². The Morgan fingerprint density at radius 1 is 1.24 bits per heavy atom. The van der Waals surface area contributed by atoms with Gasteiger partial charge in [0.05, 0.1) is 17.3 Å². The van der Waals surface area contributed by atoms with E-state index >= 15 is 0 Å². The van der Waals surface area contributed by atoms with Gasteiger partial charge in [-0.25, -0.2) is 4.98 Å². The second-order valence-corrected chi connectivity index (χ2v) is 4.60. The van der Waals surface area contributed by atoms with Crippen molar-refractivity contribution in [2.45, 2.75) is 24.2 Å². The molecule has 1 N–H and O–H groups in total. The van der Waals surface area contributed by atoms with Crippen LogP contribution in [-0.2, 0) is 12.3 Å². The first-order valence-corrected chi connectivity index (χ1v) is 6.69. The number of hydrogen-bond acceptors (Lipinski definition) is 4. The van der Waals surface area contributed by atoms with Crippen molar-refractivity contribution in [2.75, 3.05) is 6.54 Å². The number of nitrogens with zero attached hydrogens (tertiary/aromatic N) is 1. The molecule has 0 saturated heterocycles. The molecule has 4 heteroatoms. The normalized spacial score (nSPS) is 10.6. The fourth-order valence-electron chi connectivity index (χ4n) is 1.42. The van der Waals surface area contributed by atoms with E-state index < -0.39 is 0 Å². The van der Waals surface area contributed by atoms with E-state index in [0.29, 0.717) is 0 Å². The van der Waals surface area contributed by atoms with Crippen LogP contribution < -0.4 is 5.32 Å². The van der Waals surface area contributed by atoms with E-state index in [1.54, 1.807) is 18.0 Å². The highest BCUT2D eigenvalue weighted by Gasteiger charge is 2.02. The SMILES string of the molecule is CCNCc1ccc(CSc2ccccn2)o1. The lowest BCUT2D eigenvalue weighted by Crippen LogP contribution is -2.10. The molecule has 3 nitrogen and oxygen atoms in total. The van der Waals surface area contributed by atoms with Crippen molar-refractivity contribution in [1.29, 1.82) is 0 Å². The van der Waals surface area contributed by atoms with Crippen LogP contribution in [-0.4, -0.2) is 11.5 Å². The van der Waals surface area contributed by atoms with Gasteiger partial charge in [0.15, 0.2) is 0 Å². The summed E-state index contributed by atoms with van der Waals surface area (Å²) >= 11 is 1.69. The largest absolute Gasteiger partial charge is 0.464 e. The van der Waals surface area contributed by atoms with E-state index in [1.807, 2.05) is 30.3 Å². The average Bonchev–Trinajstić information content (AvgIpc) is 2.83. The molecule has 0 bridgehead atoms. The summed E-state index contributed by atoms with van der Waals surface area (Å²) in [6, 6.07) is 9.98. The van der Waals surface area contributed by atoms with Crippen LogP contribution in [0.3, 0.4) is 0 Å². The highest BCUT2D eigenvalue weighted by molar-refractivity contribution is 7.98. The Morgan fingerprint density at radius 3 is 2.88 bits per heavy atom. The molecule has 2 aromatic heterocycles. The number of aromatic nitrogens is 1. The van der Waals surface area contributed by atoms with E-state index in [9.17, 15) is 0 Å². The molecule has 0 amide bonds. The standard InChI is InChI=1S/C13H16N2OS/c1-2-14-9-11-6-7-12(16-11)10-17-13-5-3-4-8-15-13/h3-8,14H,2,9-10H2,1H3. The molecule has 90 valence electrons. The number of furan rings is 1. The van der Waals surface area contributed by atoms with Crippen molar-refractivity contribution >= 4 is 11.8 Å². The summed E-state index contributed by atoms with van der Waals surface area (Å²) in [5, 5.41) is 4.26. The lowest BCUT2D eigenvalue weighted by atomic mass is 10.4. The molecular formula is C13H16N2OS. The van der Waals surface area contributed by atoms with Crippen molar-refractivity contribution in [3.8, 4) is 0 Å². The highest BCUT2D eigenvalue weighted by atomic mass is 32.2. The lowest BCUT2D eigenvalue weighted by Gasteiger charge is -1.99. The van der Waals surface area contributed by atoms with Crippen molar-refractivity contribution in [3.63, 3.8) is 0 Å². The van der Waals surface area contributed by atoms with Crippen molar-refractivity contribution in [3.05, 3.63) is 48.0 Å². The quantitative estimate of drug-likeness (QED) is 0.797. The fraction of sp³-hybridized carbons (Fsp3) is 0.308. The monoisotopic (exact) mass is 248 g/mol. The molecule has 0 aromatic carbocycles. The van der Waals surface area contributed by atoms with Crippen molar-refractivity contribution in [2.24, 2.45) is 0 Å². The predicted octanol–water partition coefficient (Wildman–Crippen LogP) is 3.08. The summed E-state index contributed by atoms with van der Waals surface area (Å²) in [7, 11) is 0. The second-order valence-electron chi connectivity index (χ2n) is 3.61. The van der Waals surface area contributed by atoms with Crippen LogP contribution in [0, 0.1) is 0 Å². The molecule has 0 fully saturated rings. The topological polar surface area (TPSA) is 38.1 Å². The summed E-state index contributed by atoms with van der Waals surface area (Å²) in [6.45, 7) is 3.84. The van der Waals surface area contributed by atoms with Crippen molar-refractivity contribution < 1.29 is 4.42 Å². The van der Waals surface area contributed by atoms with Gasteiger partial charge in [-0.1, -0.05) is 24.8 Å². The zero-order valence-electron chi connectivity index (χ0n) is 9.85. The minimum absolute atomic E-state index is 0.796. The minimum Gasteiger partial charge on any atom is -0.464 e. The Morgan fingerprint density at radius 2 is 2.12 bits per heavy atom. The molecule has 17 heavy (non-hydrogen) atoms. The van der Waals surface area contributed by atoms with Gasteiger partial charge in [0.1, 0.15) is 11.5 Å². The summed E-state index contributed by atoms with van der Waals surface area (Å²) in [4.78, 5) is 4.26. The number of hydrogen-bond donors (Lipinski definition) is 1. The maximum atomic E-state index is 5.70. The van der Waals surface area contributed by atoms with Gasteiger partial charge in [-0.2, -0.15) is 0 Å². The number of thioether (sulfide) groups is 1. The molecule has 2 rings (SSSR count). The Hall–Kier alpha value is -1.26. The van der Waals surface area contributed by atoms with Crippen LogP contribution >= 0.6 is 11.8 Å². The summed E-state index contributed by atoms with van der Waals surface area (Å²) in [5.74, 6) is 2.81. The molecule has 0 unspecified atom stereocenters. The van der Waals surface area contributed by atoms with Gasteiger partial charge in [0.25, 0.3) is 0 Å². The molecule has 0 saturated carbocycles. The average molecular weight is 248 g/mol. The third kappa shape index (κ3) is 3.91. The molecular weight excluding hydrogens is 232 g/mol. The number of pyridine rings is 1. The fourth-order valence-corrected chi connectivity index (χ4v) is 2.18. The molecule has 0 aliphatic carbocycles. The lowest BCUT2D eigenvalue weighted by molar-refractivity contribution is 0.463. The number of rotatable bonds is 6. The van der Waals surface area contributed by atoms with Crippen LogP contribution in [0.4, 0.5) is 0 Å². The van der Waals surface area contributed by atoms with Crippen LogP contribution in [0.1, 0.15) is 18.4 Å². The Balaban J connectivity index is 1.85. The number of nitrogens with one attached hydrogen (secondary N) is 1. The van der Waals surface area contributed by atoms with Gasteiger partial charge < -0.3 is 9.73 Å². The molecule has 0 spiro atoms. The maximum Gasteiger partial charge on any atom is 0.117 e. The maximum absolute atomic E-state index is 5.70. The summed E-state index contributed by atoms with van der Waals surface area (Å²) < 4.78 is 5.70. The predicted molar refractivity (Wildman–Crippen MR) is 69.9 cm³/mol. The molecule has 0 radical (unpaired) electrons. The minimum atomic E-state index is 0.796. The summed E-state index contributed by atoms with van der Waals surface area (Å²) in [6.07, 6.45) is 1.81. The van der Waals surface area contributed by atoms with Gasteiger partial charge >= 0.3 is 0 Å². The second kappa shape index (κ2) is 6.47. The first kappa shape index (κ1) is 12.2. The molecule has 0 atom stereocenters. The molecule has 2 heterocycles. The Bertz CT molecular complexity index is 442. The highest BCUT2D eigenvalue weighted by Crippen LogP contribution is 2.21. The van der Waals surface area contributed by atoms with Crippen LogP contribution in [0.15, 0.2) is 46.0 Å². The molecule has 2 aromatic rings. The molecule has 0 aliphatic heterocycles. The smallest absolute Gasteiger partial charge is 0.117 e. The van der Waals surface area contributed by atoms with E-state index in [-0.39, 0.29) is 0 Å². The third-order valence-electron chi connectivity index (χ3n) is 2.27. The van der Waals surface area contributed by atoms with Gasteiger partial charge in [0.2, 0.25) is 0 Å². The van der Waals surface area contributed by atoms with Gasteiger partial charge in [-0.15, -0.1) is 0 Å². The van der Waals surface area contributed by atoms with Crippen LogP contribution in [0.25, 0.3) is 0 Å². The summed E-state index contributed by atoms with van der Waals surface area (Å²) in [5.41, 5.74) is 0. The van der Waals surface area contributed by atoms with Gasteiger partial charge in [-0.3, -0.25) is 0 Å². The van der Waals surface area contributed by atoms with Crippen LogP contribution in [0.2, 0.25) is 0 Å². The van der Waals surface area contributed by atoms with E-state index in [4.69, 9.17) is 4.42 Å².